The molecule has 3 nitrogen and oxygen atoms in total. The largest absolute Gasteiger partial charge is 0.312 e. The molecule has 2 fully saturated rings. The van der Waals surface area contributed by atoms with Crippen LogP contribution in [-0.4, -0.2) is 30.1 Å². The highest BCUT2D eigenvalue weighted by Crippen LogP contribution is 2.39. The summed E-state index contributed by atoms with van der Waals surface area (Å²) in [6.07, 6.45) is 6.09. The zero-order chi connectivity index (χ0) is 14.1. The van der Waals surface area contributed by atoms with Crippen LogP contribution >= 0.6 is 0 Å². The molecular weight excluding hydrogens is 234 g/mol. The van der Waals surface area contributed by atoms with Crippen LogP contribution in [0.4, 0.5) is 0 Å². The topological polar surface area (TPSA) is 53.0 Å². The molecule has 0 aromatic rings. The molecule has 0 aromatic heterocycles. The normalized spacial score (nSPS) is 29.3. The number of nitriles is 1. The second-order valence-electron chi connectivity index (χ2n) is 7.70. The summed E-state index contributed by atoms with van der Waals surface area (Å²) in [7, 11) is 0. The highest BCUT2D eigenvalue weighted by atomic mass is 15.1. The quantitative estimate of drug-likeness (QED) is 0.852. The van der Waals surface area contributed by atoms with E-state index in [2.05, 4.69) is 31.7 Å². The highest BCUT2D eigenvalue weighted by Gasteiger charge is 2.44. The first-order valence-electron chi connectivity index (χ1n) is 7.77. The summed E-state index contributed by atoms with van der Waals surface area (Å²) in [5.41, 5.74) is 6.11. The van der Waals surface area contributed by atoms with Crippen LogP contribution in [0.25, 0.3) is 0 Å². The van der Waals surface area contributed by atoms with E-state index < -0.39 is 5.54 Å². The Morgan fingerprint density at radius 1 is 1.11 bits per heavy atom. The van der Waals surface area contributed by atoms with Gasteiger partial charge in [-0.25, -0.2) is 0 Å². The van der Waals surface area contributed by atoms with E-state index in [4.69, 9.17) is 5.73 Å². The summed E-state index contributed by atoms with van der Waals surface area (Å²) in [5, 5.41) is 9.38. The maximum absolute atomic E-state index is 9.38. The van der Waals surface area contributed by atoms with E-state index in [0.29, 0.717) is 11.3 Å². The average molecular weight is 263 g/mol. The molecule has 0 radical (unpaired) electrons. The standard InChI is InChI=1S/C16H29N3/c1-15(2,3)13-5-4-9-19(10-8-13)12-16(18,11-17)14-6-7-14/h13-14H,4-10,12,18H2,1-3H3. The Balaban J connectivity index is 1.91. The van der Waals surface area contributed by atoms with Crippen LogP contribution in [0.2, 0.25) is 0 Å². The summed E-state index contributed by atoms with van der Waals surface area (Å²) in [4.78, 5) is 2.44. The van der Waals surface area contributed by atoms with Crippen molar-refractivity contribution >= 4 is 0 Å². The van der Waals surface area contributed by atoms with Crippen molar-refractivity contribution < 1.29 is 0 Å². The first-order valence-corrected chi connectivity index (χ1v) is 7.77. The Morgan fingerprint density at radius 2 is 1.79 bits per heavy atom. The van der Waals surface area contributed by atoms with Gasteiger partial charge in [0.05, 0.1) is 6.07 Å². The van der Waals surface area contributed by atoms with E-state index >= 15 is 0 Å². The minimum atomic E-state index is -0.596. The van der Waals surface area contributed by atoms with Crippen LogP contribution in [0.5, 0.6) is 0 Å². The zero-order valence-corrected chi connectivity index (χ0v) is 12.8. The van der Waals surface area contributed by atoms with Gasteiger partial charge >= 0.3 is 0 Å². The molecular formula is C16H29N3. The lowest BCUT2D eigenvalue weighted by Gasteiger charge is -2.31. The molecule has 1 heterocycles. The number of hydrogen-bond donors (Lipinski definition) is 1. The van der Waals surface area contributed by atoms with E-state index in [0.717, 1.165) is 38.4 Å². The van der Waals surface area contributed by atoms with Crippen molar-refractivity contribution in [3.63, 3.8) is 0 Å². The lowest BCUT2D eigenvalue weighted by Crippen LogP contribution is -2.51. The molecule has 0 spiro atoms. The van der Waals surface area contributed by atoms with Crippen LogP contribution in [0.1, 0.15) is 52.9 Å². The van der Waals surface area contributed by atoms with E-state index in [9.17, 15) is 5.26 Å². The summed E-state index contributed by atoms with van der Waals surface area (Å²) in [5.74, 6) is 1.24. The van der Waals surface area contributed by atoms with Crippen LogP contribution in [0, 0.1) is 28.6 Å². The summed E-state index contributed by atoms with van der Waals surface area (Å²) >= 11 is 0. The van der Waals surface area contributed by atoms with Crippen LogP contribution in [0.3, 0.4) is 0 Å². The Hall–Kier alpha value is -0.590. The van der Waals surface area contributed by atoms with Crippen LogP contribution in [-0.2, 0) is 0 Å². The second-order valence-corrected chi connectivity index (χ2v) is 7.70. The Morgan fingerprint density at radius 3 is 2.32 bits per heavy atom. The Kier molecular flexibility index (Phi) is 4.23. The fourth-order valence-corrected chi connectivity index (χ4v) is 3.40. The van der Waals surface area contributed by atoms with E-state index in [-0.39, 0.29) is 0 Å². The van der Waals surface area contributed by atoms with Crippen molar-refractivity contribution in [2.45, 2.75) is 58.4 Å². The van der Waals surface area contributed by atoms with Crippen molar-refractivity contribution in [2.24, 2.45) is 23.0 Å². The molecule has 2 rings (SSSR count). The van der Waals surface area contributed by atoms with E-state index in [1.54, 1.807) is 0 Å². The van der Waals surface area contributed by atoms with Gasteiger partial charge < -0.3 is 10.6 Å². The molecule has 2 unspecified atom stereocenters. The van der Waals surface area contributed by atoms with Gasteiger partial charge in [-0.2, -0.15) is 5.26 Å². The zero-order valence-electron chi connectivity index (χ0n) is 12.8. The van der Waals surface area contributed by atoms with Crippen LogP contribution in [0.15, 0.2) is 0 Å². The number of nitrogens with two attached hydrogens (primary N) is 1. The molecule has 1 saturated heterocycles. The maximum atomic E-state index is 9.38. The van der Waals surface area contributed by atoms with Crippen LogP contribution < -0.4 is 5.73 Å². The third-order valence-electron chi connectivity index (χ3n) is 5.04. The van der Waals surface area contributed by atoms with E-state index in [1.165, 1.54) is 19.3 Å². The first-order chi connectivity index (χ1) is 8.85. The van der Waals surface area contributed by atoms with Gasteiger partial charge in [-0.15, -0.1) is 0 Å². The summed E-state index contributed by atoms with van der Waals surface area (Å²) in [6, 6.07) is 2.39. The third-order valence-corrected chi connectivity index (χ3v) is 5.04. The molecule has 1 aliphatic heterocycles. The van der Waals surface area contributed by atoms with Crippen molar-refractivity contribution in [3.8, 4) is 6.07 Å². The highest BCUT2D eigenvalue weighted by molar-refractivity contribution is 5.14. The molecule has 3 heteroatoms. The fourth-order valence-electron chi connectivity index (χ4n) is 3.40. The Labute approximate surface area is 118 Å². The molecule has 0 bridgehead atoms. The van der Waals surface area contributed by atoms with Crippen molar-refractivity contribution in [2.75, 3.05) is 19.6 Å². The van der Waals surface area contributed by atoms with Gasteiger partial charge in [-0.1, -0.05) is 20.8 Å². The van der Waals surface area contributed by atoms with Gasteiger partial charge in [-0.3, -0.25) is 0 Å². The SMILES string of the molecule is CC(C)(C)C1CCCN(CC(N)(C#N)C2CC2)CC1. The molecule has 2 aliphatic rings. The van der Waals surface area contributed by atoms with Crippen molar-refractivity contribution in [1.29, 1.82) is 5.26 Å². The van der Waals surface area contributed by atoms with Crippen molar-refractivity contribution in [3.05, 3.63) is 0 Å². The van der Waals surface area contributed by atoms with Gasteiger partial charge in [0.1, 0.15) is 5.54 Å². The molecule has 2 N–H and O–H groups in total. The third kappa shape index (κ3) is 3.70. The molecule has 0 amide bonds. The predicted molar refractivity (Wildman–Crippen MR) is 78.5 cm³/mol. The average Bonchev–Trinajstić information content (AvgIpc) is 3.14. The molecule has 1 aliphatic carbocycles. The minimum absolute atomic E-state index is 0.404. The first kappa shape index (κ1) is 14.8. The Bertz CT molecular complexity index is 348. The van der Waals surface area contributed by atoms with E-state index in [1.807, 2.05) is 0 Å². The fraction of sp³-hybridized carbons (Fsp3) is 0.938. The number of nitrogens with zero attached hydrogens (tertiary/aromatic N) is 2. The smallest absolute Gasteiger partial charge is 0.119 e. The minimum Gasteiger partial charge on any atom is -0.312 e. The lowest BCUT2D eigenvalue weighted by molar-refractivity contribution is 0.196. The second kappa shape index (κ2) is 5.42. The molecule has 2 atom stereocenters. The van der Waals surface area contributed by atoms with Gasteiger partial charge in [-0.05, 0) is 62.4 Å². The summed E-state index contributed by atoms with van der Waals surface area (Å²) in [6.45, 7) is 10.0. The monoisotopic (exact) mass is 263 g/mol. The molecule has 19 heavy (non-hydrogen) atoms. The van der Waals surface area contributed by atoms with Gasteiger partial charge in [0, 0.05) is 6.54 Å². The number of hydrogen-bond acceptors (Lipinski definition) is 3. The van der Waals surface area contributed by atoms with Gasteiger partial charge in [0.2, 0.25) is 0 Å². The van der Waals surface area contributed by atoms with Gasteiger partial charge in [0.15, 0.2) is 0 Å². The lowest BCUT2D eigenvalue weighted by atomic mass is 9.77. The number of rotatable bonds is 3. The molecule has 1 saturated carbocycles. The molecule has 108 valence electrons. The molecule has 0 aromatic carbocycles. The summed E-state index contributed by atoms with van der Waals surface area (Å²) < 4.78 is 0. The van der Waals surface area contributed by atoms with Crippen molar-refractivity contribution in [1.82, 2.24) is 4.90 Å². The predicted octanol–water partition coefficient (Wildman–Crippen LogP) is 2.77. The van der Waals surface area contributed by atoms with Gasteiger partial charge in [0.25, 0.3) is 0 Å². The maximum Gasteiger partial charge on any atom is 0.119 e. The number of likely N-dealkylation sites (tertiary alicyclic amines) is 1.